The Morgan fingerprint density at radius 1 is 1.18 bits per heavy atom. The molecular formula is C19H25FN2O6. The number of amides is 2. The first-order valence-electron chi connectivity index (χ1n) is 8.70. The lowest BCUT2D eigenvalue weighted by Crippen LogP contribution is -2.62. The molecule has 0 aliphatic rings. The van der Waals surface area contributed by atoms with Gasteiger partial charge in [0.05, 0.1) is 6.42 Å². The molecule has 0 bridgehead atoms. The Kier molecular flexibility index (Phi) is 8.56. The van der Waals surface area contributed by atoms with Gasteiger partial charge in [-0.25, -0.2) is 9.18 Å². The first-order chi connectivity index (χ1) is 13.1. The van der Waals surface area contributed by atoms with Crippen LogP contribution in [0.3, 0.4) is 0 Å². The number of nitrogens with one attached hydrogen (secondary N) is 2. The van der Waals surface area contributed by atoms with Crippen LogP contribution in [0.4, 0.5) is 9.18 Å². The fourth-order valence-corrected chi connectivity index (χ4v) is 2.26. The van der Waals surface area contributed by atoms with E-state index in [0.29, 0.717) is 0 Å². The molecule has 2 amide bonds. The average Bonchev–Trinajstić information content (AvgIpc) is 2.65. The summed E-state index contributed by atoms with van der Waals surface area (Å²) in [6, 6.07) is 7.38. The summed E-state index contributed by atoms with van der Waals surface area (Å²) in [5.74, 6) is -3.68. The molecule has 8 nitrogen and oxygen atoms in total. The first-order valence-corrected chi connectivity index (χ1v) is 8.70. The number of carboxylic acids is 1. The van der Waals surface area contributed by atoms with Crippen molar-refractivity contribution >= 4 is 23.8 Å². The smallest absolute Gasteiger partial charge is 0.408 e. The van der Waals surface area contributed by atoms with Gasteiger partial charge in [0, 0.05) is 0 Å². The van der Waals surface area contributed by atoms with Gasteiger partial charge >= 0.3 is 12.1 Å². The number of hydrogen-bond acceptors (Lipinski definition) is 5. The number of halogens is 1. The second-order valence-corrected chi connectivity index (χ2v) is 6.77. The summed E-state index contributed by atoms with van der Waals surface area (Å²) in [5, 5.41) is 13.5. The van der Waals surface area contributed by atoms with Crippen LogP contribution in [-0.4, -0.2) is 47.1 Å². The maximum atomic E-state index is 12.7. The van der Waals surface area contributed by atoms with E-state index in [1.165, 1.54) is 6.92 Å². The molecule has 2 atom stereocenters. The highest BCUT2D eigenvalue weighted by molar-refractivity contribution is 5.96. The van der Waals surface area contributed by atoms with Gasteiger partial charge in [-0.3, -0.25) is 14.4 Å². The molecule has 0 saturated carbocycles. The van der Waals surface area contributed by atoms with Gasteiger partial charge in [0.2, 0.25) is 5.91 Å². The Morgan fingerprint density at radius 3 is 2.29 bits per heavy atom. The lowest BCUT2D eigenvalue weighted by molar-refractivity contribution is -0.141. The molecular weight excluding hydrogens is 371 g/mol. The van der Waals surface area contributed by atoms with Gasteiger partial charge < -0.3 is 20.5 Å². The van der Waals surface area contributed by atoms with E-state index in [1.54, 1.807) is 38.1 Å². The van der Waals surface area contributed by atoms with Crippen molar-refractivity contribution in [3.63, 3.8) is 0 Å². The number of carbonyl (C=O) groups excluding carboxylic acids is 3. The quantitative estimate of drug-likeness (QED) is 0.555. The van der Waals surface area contributed by atoms with E-state index in [1.807, 2.05) is 6.07 Å². The largest absolute Gasteiger partial charge is 0.481 e. The summed E-state index contributed by atoms with van der Waals surface area (Å²) in [6.07, 6.45) is -1.62. The summed E-state index contributed by atoms with van der Waals surface area (Å²) in [6.45, 7) is 3.29. The van der Waals surface area contributed by atoms with Crippen LogP contribution in [0.25, 0.3) is 0 Å². The van der Waals surface area contributed by atoms with Gasteiger partial charge in [0.1, 0.15) is 24.9 Å². The van der Waals surface area contributed by atoms with E-state index < -0.39 is 54.3 Å². The minimum Gasteiger partial charge on any atom is -0.481 e. The molecule has 154 valence electrons. The van der Waals surface area contributed by atoms with E-state index in [-0.39, 0.29) is 6.61 Å². The van der Waals surface area contributed by atoms with Crippen molar-refractivity contribution in [1.82, 2.24) is 10.6 Å². The van der Waals surface area contributed by atoms with Crippen LogP contribution >= 0.6 is 0 Å². The number of carbonyl (C=O) groups is 4. The number of rotatable bonds is 10. The Bertz CT molecular complexity index is 710. The van der Waals surface area contributed by atoms with Crippen molar-refractivity contribution in [3.05, 3.63) is 35.9 Å². The Labute approximate surface area is 162 Å². The van der Waals surface area contributed by atoms with Gasteiger partial charge in [-0.2, -0.15) is 0 Å². The first kappa shape index (κ1) is 23.1. The number of Topliss-reactive ketones (excluding diaryl/α,β-unsaturated/α-hetero) is 1. The Hall–Kier alpha value is -2.97. The van der Waals surface area contributed by atoms with Crippen molar-refractivity contribution in [3.8, 4) is 0 Å². The SMILES string of the molecule is CC(C)C(C)(NC(=O)OCc1ccccc1)C(=O)NC(CC(=O)O)C(=O)CF. The number of ketones is 1. The second-order valence-electron chi connectivity index (χ2n) is 6.77. The lowest BCUT2D eigenvalue weighted by Gasteiger charge is -2.34. The van der Waals surface area contributed by atoms with E-state index in [2.05, 4.69) is 10.6 Å². The molecule has 1 rings (SSSR count). The number of ether oxygens (including phenoxy) is 1. The zero-order valence-electron chi connectivity index (χ0n) is 16.0. The summed E-state index contributed by atoms with van der Waals surface area (Å²) in [5.41, 5.74) is -0.760. The number of alkyl carbamates (subject to hydrolysis) is 1. The molecule has 9 heteroatoms. The third-order valence-corrected chi connectivity index (χ3v) is 4.41. The van der Waals surface area contributed by atoms with Gasteiger partial charge in [0.15, 0.2) is 5.78 Å². The van der Waals surface area contributed by atoms with Crippen molar-refractivity contribution < 1.29 is 33.4 Å². The zero-order valence-corrected chi connectivity index (χ0v) is 16.0. The molecule has 0 fully saturated rings. The Balaban J connectivity index is 2.83. The number of alkyl halides is 1. The molecule has 0 saturated heterocycles. The molecule has 28 heavy (non-hydrogen) atoms. The highest BCUT2D eigenvalue weighted by Crippen LogP contribution is 2.18. The van der Waals surface area contributed by atoms with Crippen LogP contribution < -0.4 is 10.6 Å². The molecule has 0 aliphatic carbocycles. The van der Waals surface area contributed by atoms with Crippen LogP contribution in [0.5, 0.6) is 0 Å². The topological polar surface area (TPSA) is 122 Å². The molecule has 0 aromatic heterocycles. The van der Waals surface area contributed by atoms with Crippen molar-refractivity contribution in [2.24, 2.45) is 5.92 Å². The predicted octanol–water partition coefficient (Wildman–Crippen LogP) is 1.83. The molecule has 0 heterocycles. The molecule has 1 aromatic carbocycles. The van der Waals surface area contributed by atoms with Gasteiger partial charge in [-0.1, -0.05) is 44.2 Å². The van der Waals surface area contributed by atoms with Crippen LogP contribution in [0, 0.1) is 5.92 Å². The highest BCUT2D eigenvalue weighted by Gasteiger charge is 2.40. The molecule has 2 unspecified atom stereocenters. The third-order valence-electron chi connectivity index (χ3n) is 4.41. The third kappa shape index (κ3) is 6.64. The van der Waals surface area contributed by atoms with Crippen molar-refractivity contribution in [2.75, 3.05) is 6.67 Å². The molecule has 1 aromatic rings. The zero-order chi connectivity index (χ0) is 21.3. The molecule has 3 N–H and O–H groups in total. The number of benzene rings is 1. The maximum Gasteiger partial charge on any atom is 0.408 e. The van der Waals surface area contributed by atoms with Crippen molar-refractivity contribution in [1.29, 1.82) is 0 Å². The second kappa shape index (κ2) is 10.4. The monoisotopic (exact) mass is 396 g/mol. The van der Waals surface area contributed by atoms with Crippen LogP contribution in [0.2, 0.25) is 0 Å². The van der Waals surface area contributed by atoms with E-state index in [4.69, 9.17) is 9.84 Å². The summed E-state index contributed by atoms with van der Waals surface area (Å²) in [7, 11) is 0. The predicted molar refractivity (Wildman–Crippen MR) is 98.2 cm³/mol. The lowest BCUT2D eigenvalue weighted by atomic mass is 9.87. The summed E-state index contributed by atoms with van der Waals surface area (Å²) >= 11 is 0. The number of hydrogen-bond donors (Lipinski definition) is 3. The maximum absolute atomic E-state index is 12.7. The van der Waals surface area contributed by atoms with E-state index in [0.717, 1.165) is 5.56 Å². The summed E-state index contributed by atoms with van der Waals surface area (Å²) in [4.78, 5) is 47.3. The normalized spacial score (nSPS) is 13.9. The average molecular weight is 396 g/mol. The van der Waals surface area contributed by atoms with Crippen LogP contribution in [-0.2, 0) is 25.7 Å². The van der Waals surface area contributed by atoms with E-state index >= 15 is 0 Å². The Morgan fingerprint density at radius 2 is 1.79 bits per heavy atom. The van der Waals surface area contributed by atoms with Gasteiger partial charge in [-0.15, -0.1) is 0 Å². The number of aliphatic carboxylic acids is 1. The van der Waals surface area contributed by atoms with Crippen LogP contribution in [0.1, 0.15) is 32.8 Å². The number of carboxylic acid groups (broad SMARTS) is 1. The van der Waals surface area contributed by atoms with Crippen LogP contribution in [0.15, 0.2) is 30.3 Å². The van der Waals surface area contributed by atoms with E-state index in [9.17, 15) is 23.6 Å². The fourth-order valence-electron chi connectivity index (χ4n) is 2.26. The minimum atomic E-state index is -1.53. The van der Waals surface area contributed by atoms with Gasteiger partial charge in [-0.05, 0) is 18.4 Å². The summed E-state index contributed by atoms with van der Waals surface area (Å²) < 4.78 is 17.8. The minimum absolute atomic E-state index is 0.00948. The molecule has 0 radical (unpaired) electrons. The molecule has 0 spiro atoms. The fraction of sp³-hybridized carbons (Fsp3) is 0.474. The standard InChI is InChI=1S/C19H25FN2O6/c1-12(2)19(3,17(26)21-14(9-16(24)25)15(23)10-20)22-18(27)28-11-13-7-5-4-6-8-13/h4-8,12,14H,9-11H2,1-3H3,(H,21,26)(H,22,27)(H,24,25). The molecule has 0 aliphatic heterocycles. The van der Waals surface area contributed by atoms with Gasteiger partial charge in [0.25, 0.3) is 0 Å². The highest BCUT2D eigenvalue weighted by atomic mass is 19.1. The van der Waals surface area contributed by atoms with Crippen molar-refractivity contribution in [2.45, 2.75) is 45.4 Å².